The van der Waals surface area contributed by atoms with Crippen molar-refractivity contribution in [3.63, 3.8) is 0 Å². The Hall–Kier alpha value is -1.09. The summed E-state index contributed by atoms with van der Waals surface area (Å²) in [5, 5.41) is 0. The Kier molecular flexibility index (Phi) is 2.86. The van der Waals surface area contributed by atoms with Crippen molar-refractivity contribution < 1.29 is 9.53 Å². The Bertz CT molecular complexity index is 658. The summed E-state index contributed by atoms with van der Waals surface area (Å²) in [4.78, 5) is 15.2. The summed E-state index contributed by atoms with van der Waals surface area (Å²) in [6.45, 7) is 1.19. The molecule has 0 amide bonds. The second-order valence-electron chi connectivity index (χ2n) is 6.82. The van der Waals surface area contributed by atoms with Gasteiger partial charge in [-0.25, -0.2) is 0 Å². The van der Waals surface area contributed by atoms with E-state index in [1.165, 1.54) is 35.8 Å². The first kappa shape index (κ1) is 13.4. The van der Waals surface area contributed by atoms with Gasteiger partial charge in [-0.2, -0.15) is 0 Å². The quantitative estimate of drug-likeness (QED) is 0.594. The van der Waals surface area contributed by atoms with Gasteiger partial charge in [0, 0.05) is 0 Å². The number of hydrogen-bond donors (Lipinski definition) is 0. The molecule has 22 heavy (non-hydrogen) atoms. The Morgan fingerprint density at radius 3 is 3.00 bits per heavy atom. The van der Waals surface area contributed by atoms with Crippen LogP contribution in [0.4, 0.5) is 0 Å². The van der Waals surface area contributed by atoms with Crippen LogP contribution in [0.1, 0.15) is 25.7 Å². The topological polar surface area (TPSA) is 29.5 Å². The first-order valence-corrected chi connectivity index (χ1v) is 10.0. The van der Waals surface area contributed by atoms with E-state index in [4.69, 9.17) is 4.74 Å². The van der Waals surface area contributed by atoms with Gasteiger partial charge in [0.05, 0.1) is 0 Å². The second kappa shape index (κ2) is 4.70. The molecule has 0 aromatic heterocycles. The Labute approximate surface area is 136 Å². The summed E-state index contributed by atoms with van der Waals surface area (Å²) in [5.74, 6) is -0.0988. The molecular formula is C18H19NO2Se. The van der Waals surface area contributed by atoms with Gasteiger partial charge in [-0.1, -0.05) is 0 Å². The molecule has 3 heterocycles. The van der Waals surface area contributed by atoms with Gasteiger partial charge in [-0.05, 0) is 0 Å². The number of carbonyl (C=O) groups excluding carboxylic acids is 1. The predicted octanol–water partition coefficient (Wildman–Crippen LogP) is 1.67. The Morgan fingerprint density at radius 1 is 1.27 bits per heavy atom. The maximum absolute atomic E-state index is 12.1. The molecule has 1 saturated carbocycles. The van der Waals surface area contributed by atoms with Crippen molar-refractivity contribution in [1.29, 1.82) is 0 Å². The molecule has 5 rings (SSSR count). The summed E-state index contributed by atoms with van der Waals surface area (Å²) in [6, 6.07) is 11.8. The molecule has 1 aliphatic carbocycles. The standard InChI is InChI=1S/C18H19NO2Se/c20-17-10-14-15(22-13-5-2-1-3-6-13)9-12-11-18(14,21-17)16-7-4-8-19(12)16/h1-3,5-6,10,12,15-16H,4,7-9,11H2/t12-,15?,16-,18+/m1/s1. The number of rotatable bonds is 2. The van der Waals surface area contributed by atoms with E-state index in [2.05, 4.69) is 35.2 Å². The van der Waals surface area contributed by atoms with Gasteiger partial charge < -0.3 is 0 Å². The molecule has 3 aliphatic heterocycles. The monoisotopic (exact) mass is 361 g/mol. The van der Waals surface area contributed by atoms with Gasteiger partial charge in [0.15, 0.2) is 0 Å². The molecule has 0 N–H and O–H groups in total. The summed E-state index contributed by atoms with van der Waals surface area (Å²) in [5.41, 5.74) is 1.06. The third-order valence-corrected chi connectivity index (χ3v) is 8.42. The third kappa shape index (κ3) is 1.75. The van der Waals surface area contributed by atoms with Crippen molar-refractivity contribution in [1.82, 2.24) is 4.90 Å². The molecule has 2 saturated heterocycles. The Morgan fingerprint density at radius 2 is 2.14 bits per heavy atom. The predicted molar refractivity (Wildman–Crippen MR) is 85.2 cm³/mol. The molecule has 3 nitrogen and oxygen atoms in total. The van der Waals surface area contributed by atoms with Gasteiger partial charge in [0.1, 0.15) is 0 Å². The van der Waals surface area contributed by atoms with Gasteiger partial charge >= 0.3 is 137 Å². The molecule has 3 fully saturated rings. The zero-order chi connectivity index (χ0) is 14.7. The molecule has 0 radical (unpaired) electrons. The zero-order valence-electron chi connectivity index (χ0n) is 12.4. The number of hydrogen-bond acceptors (Lipinski definition) is 3. The summed E-state index contributed by atoms with van der Waals surface area (Å²) in [6.07, 6.45) is 6.52. The first-order chi connectivity index (χ1) is 10.8. The van der Waals surface area contributed by atoms with Crippen LogP contribution in [0.5, 0.6) is 0 Å². The van der Waals surface area contributed by atoms with Crippen LogP contribution < -0.4 is 4.46 Å². The van der Waals surface area contributed by atoms with E-state index >= 15 is 0 Å². The minimum absolute atomic E-state index is 0.0988. The van der Waals surface area contributed by atoms with Crippen LogP contribution in [0, 0.1) is 0 Å². The van der Waals surface area contributed by atoms with Crippen molar-refractivity contribution in [2.75, 3.05) is 6.54 Å². The van der Waals surface area contributed by atoms with Crippen molar-refractivity contribution in [3.05, 3.63) is 42.0 Å². The summed E-state index contributed by atoms with van der Waals surface area (Å²) in [7, 11) is 0. The molecule has 1 unspecified atom stereocenters. The van der Waals surface area contributed by atoms with E-state index in [0.29, 0.717) is 31.9 Å². The van der Waals surface area contributed by atoms with Crippen LogP contribution in [0.15, 0.2) is 42.0 Å². The van der Waals surface area contributed by atoms with E-state index < -0.39 is 0 Å². The number of nitrogens with zero attached hydrogens (tertiary/aromatic N) is 1. The molecule has 4 atom stereocenters. The fraction of sp³-hybridized carbons (Fsp3) is 0.500. The fourth-order valence-electron chi connectivity index (χ4n) is 5.00. The van der Waals surface area contributed by atoms with Gasteiger partial charge in [0.2, 0.25) is 0 Å². The molecule has 114 valence electrons. The van der Waals surface area contributed by atoms with E-state index in [1.54, 1.807) is 0 Å². The van der Waals surface area contributed by atoms with Crippen LogP contribution in [0.2, 0.25) is 4.82 Å². The number of carbonyl (C=O) groups is 1. The number of ether oxygens (including phenoxy) is 1. The van der Waals surface area contributed by atoms with Crippen molar-refractivity contribution in [2.45, 2.75) is 48.2 Å². The summed E-state index contributed by atoms with van der Waals surface area (Å²) >= 11 is 0.380. The maximum atomic E-state index is 12.1. The fourth-order valence-corrected chi connectivity index (χ4v) is 7.84. The van der Waals surface area contributed by atoms with Crippen molar-refractivity contribution in [3.8, 4) is 0 Å². The Balaban J connectivity index is 1.53. The average Bonchev–Trinajstić information content (AvgIpc) is 3.17. The molecule has 4 heteroatoms. The van der Waals surface area contributed by atoms with E-state index in [1.807, 2.05) is 6.08 Å². The number of esters is 1. The van der Waals surface area contributed by atoms with Crippen LogP contribution in [-0.4, -0.2) is 50.1 Å². The van der Waals surface area contributed by atoms with Crippen LogP contribution in [0.25, 0.3) is 0 Å². The number of fused-ring (bicyclic) bond motifs is 3. The minimum atomic E-state index is -0.266. The van der Waals surface area contributed by atoms with Crippen molar-refractivity contribution in [2.24, 2.45) is 0 Å². The van der Waals surface area contributed by atoms with Crippen LogP contribution >= 0.6 is 0 Å². The zero-order valence-corrected chi connectivity index (χ0v) is 14.1. The van der Waals surface area contributed by atoms with Crippen LogP contribution in [-0.2, 0) is 9.53 Å². The first-order valence-electron chi connectivity index (χ1n) is 8.19. The SMILES string of the molecule is O=C1C=C2C([Se]c3ccccc3)C[C@@H]3C[C@@]2(O1)[C@H]1CCCN31. The van der Waals surface area contributed by atoms with Gasteiger partial charge in [-0.15, -0.1) is 0 Å². The third-order valence-electron chi connectivity index (χ3n) is 5.74. The van der Waals surface area contributed by atoms with E-state index in [9.17, 15) is 4.79 Å². The average molecular weight is 360 g/mol. The number of benzene rings is 1. The van der Waals surface area contributed by atoms with E-state index in [-0.39, 0.29) is 11.6 Å². The molecular weight excluding hydrogens is 341 g/mol. The second-order valence-corrected chi connectivity index (χ2v) is 9.50. The van der Waals surface area contributed by atoms with Crippen molar-refractivity contribution >= 4 is 25.4 Å². The molecule has 1 aromatic carbocycles. The molecule has 4 aliphatic rings. The molecule has 1 spiro atoms. The molecule has 1 aromatic rings. The van der Waals surface area contributed by atoms with E-state index in [0.717, 1.165) is 6.42 Å². The van der Waals surface area contributed by atoms with Crippen LogP contribution in [0.3, 0.4) is 0 Å². The van der Waals surface area contributed by atoms with Gasteiger partial charge in [0.25, 0.3) is 0 Å². The normalized spacial score (nSPS) is 39.4. The summed E-state index contributed by atoms with van der Waals surface area (Å²) < 4.78 is 7.39. The van der Waals surface area contributed by atoms with Gasteiger partial charge in [-0.3, -0.25) is 0 Å². The molecule has 2 bridgehead atoms.